The summed E-state index contributed by atoms with van der Waals surface area (Å²) < 4.78 is 0. The van der Waals surface area contributed by atoms with E-state index in [9.17, 15) is 5.11 Å². The Hall–Kier alpha value is -2.66. The first-order chi connectivity index (χ1) is 13.2. The molecule has 1 saturated heterocycles. The predicted molar refractivity (Wildman–Crippen MR) is 110 cm³/mol. The summed E-state index contributed by atoms with van der Waals surface area (Å²) in [6, 6.07) is 7.16. The van der Waals surface area contributed by atoms with Gasteiger partial charge in [0, 0.05) is 18.7 Å². The fourth-order valence-corrected chi connectivity index (χ4v) is 3.86. The number of likely N-dealkylation sites (tertiary alicyclic amines) is 1. The van der Waals surface area contributed by atoms with Gasteiger partial charge in [0.2, 0.25) is 0 Å². The van der Waals surface area contributed by atoms with Crippen molar-refractivity contribution in [2.45, 2.75) is 25.8 Å². The van der Waals surface area contributed by atoms with E-state index in [0.717, 1.165) is 30.9 Å². The maximum atomic E-state index is 10.3. The number of phenolic OH excluding ortho intramolecular Hbond substituents is 1. The Morgan fingerprint density at radius 3 is 2.93 bits per heavy atom. The summed E-state index contributed by atoms with van der Waals surface area (Å²) in [4.78, 5) is 12.1. The van der Waals surface area contributed by atoms with Gasteiger partial charge in [0.15, 0.2) is 5.84 Å². The fourth-order valence-electron chi connectivity index (χ4n) is 3.86. The zero-order chi connectivity index (χ0) is 18.8. The smallest absolute Gasteiger partial charge is 0.161 e. The first-order valence-electron chi connectivity index (χ1n) is 9.62. The number of nitrogens with zero attached hydrogens (tertiary/aromatic N) is 3. The largest absolute Gasteiger partial charge is 0.507 e. The molecular weight excluding hydrogens is 336 g/mol. The van der Waals surface area contributed by atoms with Gasteiger partial charge in [0.1, 0.15) is 11.6 Å². The molecule has 2 unspecified atom stereocenters. The molecule has 1 aliphatic carbocycles. The van der Waals surface area contributed by atoms with Gasteiger partial charge >= 0.3 is 0 Å². The lowest BCUT2D eigenvalue weighted by molar-refractivity contribution is 0.263. The number of hydrogen-bond donors (Lipinski definition) is 2. The van der Waals surface area contributed by atoms with Gasteiger partial charge in [-0.15, -0.1) is 0 Å². The van der Waals surface area contributed by atoms with Crippen LogP contribution in [0.3, 0.4) is 0 Å². The van der Waals surface area contributed by atoms with Crippen molar-refractivity contribution in [2.75, 3.05) is 19.6 Å². The average molecular weight is 362 g/mol. The van der Waals surface area contributed by atoms with E-state index in [1.807, 2.05) is 18.2 Å². The third-order valence-corrected chi connectivity index (χ3v) is 5.41. The molecule has 1 fully saturated rings. The highest BCUT2D eigenvalue weighted by Gasteiger charge is 2.30. The highest BCUT2D eigenvalue weighted by Crippen LogP contribution is 2.28. The van der Waals surface area contributed by atoms with Crippen molar-refractivity contribution in [2.24, 2.45) is 21.6 Å². The van der Waals surface area contributed by atoms with E-state index in [0.29, 0.717) is 23.9 Å². The number of para-hydroxylation sites is 1. The van der Waals surface area contributed by atoms with Crippen molar-refractivity contribution in [3.8, 4) is 5.75 Å². The van der Waals surface area contributed by atoms with Crippen LogP contribution < -0.4 is 5.73 Å². The number of aliphatic imine (C=N–C) groups is 2. The zero-order valence-electron chi connectivity index (χ0n) is 15.7. The van der Waals surface area contributed by atoms with Crippen LogP contribution in [0, 0.1) is 5.92 Å². The van der Waals surface area contributed by atoms with Gasteiger partial charge in [0.25, 0.3) is 0 Å². The Balaban J connectivity index is 1.78. The number of rotatable bonds is 2. The van der Waals surface area contributed by atoms with E-state index >= 15 is 0 Å². The fraction of sp³-hybridized carbons (Fsp3) is 0.364. The van der Waals surface area contributed by atoms with Gasteiger partial charge in [-0.05, 0) is 44.4 Å². The molecule has 3 aliphatic rings. The van der Waals surface area contributed by atoms with Crippen LogP contribution >= 0.6 is 0 Å². The molecule has 0 bridgehead atoms. The Bertz CT molecular complexity index is 878. The molecule has 0 amide bonds. The number of nitrogens with two attached hydrogens (primary N) is 1. The van der Waals surface area contributed by atoms with Gasteiger partial charge in [-0.2, -0.15) is 0 Å². The maximum absolute atomic E-state index is 10.3. The van der Waals surface area contributed by atoms with Crippen LogP contribution in [0.15, 0.2) is 69.7 Å². The molecule has 5 nitrogen and oxygen atoms in total. The highest BCUT2D eigenvalue weighted by molar-refractivity contribution is 6.15. The van der Waals surface area contributed by atoms with E-state index < -0.39 is 0 Å². The summed E-state index contributed by atoms with van der Waals surface area (Å²) in [7, 11) is 0. The van der Waals surface area contributed by atoms with E-state index in [2.05, 4.69) is 36.1 Å². The van der Waals surface area contributed by atoms with Crippen molar-refractivity contribution >= 4 is 11.7 Å². The summed E-state index contributed by atoms with van der Waals surface area (Å²) in [6.07, 6.45) is 10.8. The number of allylic oxidation sites excluding steroid dienone is 4. The SMILES string of the molecule is CC1=CC=C2C(N3CCCC(CN)C3)=NC(c3ccccc3O)=NC2C=C1. The minimum Gasteiger partial charge on any atom is -0.507 e. The van der Waals surface area contributed by atoms with Crippen molar-refractivity contribution in [1.29, 1.82) is 0 Å². The first-order valence-corrected chi connectivity index (χ1v) is 9.62. The second-order valence-electron chi connectivity index (χ2n) is 7.43. The van der Waals surface area contributed by atoms with E-state index in [-0.39, 0.29) is 11.8 Å². The molecule has 2 heterocycles. The minimum atomic E-state index is -0.0981. The van der Waals surface area contributed by atoms with Crippen LogP contribution in [0.2, 0.25) is 0 Å². The second-order valence-corrected chi connectivity index (χ2v) is 7.43. The van der Waals surface area contributed by atoms with Crippen molar-refractivity contribution in [3.05, 3.63) is 65.3 Å². The standard InChI is InChI=1S/C22H26N4O/c1-15-8-10-17-19(11-9-15)24-21(18-6-2-3-7-20(18)27)25-22(17)26-12-4-5-16(13-23)14-26/h2-3,6-11,16,19,27H,4-5,12-14,23H2,1H3. The monoisotopic (exact) mass is 362 g/mol. The van der Waals surface area contributed by atoms with Crippen LogP contribution in [0.5, 0.6) is 5.75 Å². The molecule has 2 atom stereocenters. The number of aromatic hydroxyl groups is 1. The summed E-state index contributed by atoms with van der Waals surface area (Å²) in [5, 5.41) is 10.3. The zero-order valence-corrected chi connectivity index (χ0v) is 15.7. The molecular formula is C22H26N4O. The van der Waals surface area contributed by atoms with E-state index in [1.54, 1.807) is 6.07 Å². The molecule has 1 aromatic carbocycles. The lowest BCUT2D eigenvalue weighted by atomic mass is 9.95. The van der Waals surface area contributed by atoms with Gasteiger partial charge in [0.05, 0.1) is 11.6 Å². The first kappa shape index (κ1) is 17.7. The molecule has 2 aliphatic heterocycles. The molecule has 0 radical (unpaired) electrons. The number of hydrogen-bond acceptors (Lipinski definition) is 5. The van der Waals surface area contributed by atoms with Gasteiger partial charge in [-0.3, -0.25) is 4.99 Å². The lowest BCUT2D eigenvalue weighted by Gasteiger charge is -2.37. The molecule has 140 valence electrons. The van der Waals surface area contributed by atoms with Gasteiger partial charge in [-0.25, -0.2) is 4.99 Å². The highest BCUT2D eigenvalue weighted by atomic mass is 16.3. The van der Waals surface area contributed by atoms with Crippen molar-refractivity contribution < 1.29 is 5.11 Å². The molecule has 0 aromatic heterocycles. The Kier molecular flexibility index (Phi) is 4.94. The third kappa shape index (κ3) is 3.60. The summed E-state index contributed by atoms with van der Waals surface area (Å²) in [6.45, 7) is 4.67. The van der Waals surface area contributed by atoms with Crippen molar-refractivity contribution in [1.82, 2.24) is 4.90 Å². The van der Waals surface area contributed by atoms with E-state index in [1.165, 1.54) is 12.0 Å². The predicted octanol–water partition coefficient (Wildman–Crippen LogP) is 3.03. The molecule has 5 heteroatoms. The third-order valence-electron chi connectivity index (χ3n) is 5.41. The Morgan fingerprint density at radius 2 is 2.11 bits per heavy atom. The number of piperidine rings is 1. The minimum absolute atomic E-state index is 0.0981. The lowest BCUT2D eigenvalue weighted by Crippen LogP contribution is -2.45. The van der Waals surface area contributed by atoms with Crippen LogP contribution in [0.1, 0.15) is 25.3 Å². The van der Waals surface area contributed by atoms with Crippen molar-refractivity contribution in [3.63, 3.8) is 0 Å². The topological polar surface area (TPSA) is 74.2 Å². The van der Waals surface area contributed by atoms with Crippen LogP contribution in [-0.4, -0.2) is 47.4 Å². The van der Waals surface area contributed by atoms with Crippen LogP contribution in [-0.2, 0) is 0 Å². The molecule has 3 N–H and O–H groups in total. The molecule has 1 aromatic rings. The molecule has 4 rings (SSSR count). The normalized spacial score (nSPS) is 25.0. The second kappa shape index (κ2) is 7.53. The average Bonchev–Trinajstić information content (AvgIpc) is 2.89. The van der Waals surface area contributed by atoms with Crippen LogP contribution in [0.4, 0.5) is 0 Å². The maximum Gasteiger partial charge on any atom is 0.161 e. The molecule has 0 saturated carbocycles. The number of benzene rings is 1. The van der Waals surface area contributed by atoms with Gasteiger partial charge in [-0.1, -0.05) is 42.0 Å². The van der Waals surface area contributed by atoms with Crippen LogP contribution in [0.25, 0.3) is 0 Å². The quantitative estimate of drug-likeness (QED) is 0.849. The molecule has 27 heavy (non-hydrogen) atoms. The Morgan fingerprint density at radius 1 is 1.26 bits per heavy atom. The summed E-state index contributed by atoms with van der Waals surface area (Å²) in [5.74, 6) is 2.25. The Labute approximate surface area is 160 Å². The summed E-state index contributed by atoms with van der Waals surface area (Å²) in [5.41, 5.74) is 8.92. The number of phenols is 1. The number of fused-ring (bicyclic) bond motifs is 1. The van der Waals surface area contributed by atoms with Gasteiger partial charge < -0.3 is 15.7 Å². The molecule has 0 spiro atoms. The number of amidine groups is 2. The summed E-state index contributed by atoms with van der Waals surface area (Å²) >= 11 is 0. The van der Waals surface area contributed by atoms with E-state index in [4.69, 9.17) is 15.7 Å².